The lowest BCUT2D eigenvalue weighted by molar-refractivity contribution is -0.384. The molecule has 0 aliphatic rings. The number of benzene rings is 2. The van der Waals surface area contributed by atoms with Crippen LogP contribution in [0.2, 0.25) is 5.02 Å². The summed E-state index contributed by atoms with van der Waals surface area (Å²) >= 11 is 6.09. The van der Waals surface area contributed by atoms with Gasteiger partial charge in [0.15, 0.2) is 6.61 Å². The molecule has 0 unspecified atom stereocenters. The van der Waals surface area contributed by atoms with Crippen molar-refractivity contribution in [1.29, 1.82) is 0 Å². The zero-order chi connectivity index (χ0) is 19.3. The van der Waals surface area contributed by atoms with Gasteiger partial charge in [-0.2, -0.15) is 5.10 Å². The Kier molecular flexibility index (Phi) is 6.30. The molecule has 0 saturated heterocycles. The Hall–Kier alpha value is -2.93. The molecule has 2 aromatic rings. The molecule has 136 valence electrons. The van der Waals surface area contributed by atoms with Gasteiger partial charge in [0.1, 0.15) is 5.75 Å². The summed E-state index contributed by atoms with van der Waals surface area (Å²) in [5.74, 6) is 0.0963. The summed E-state index contributed by atoms with van der Waals surface area (Å²) in [6.45, 7) is 5.14. The molecule has 0 atom stereocenters. The first-order chi connectivity index (χ1) is 12.3. The van der Waals surface area contributed by atoms with E-state index in [0.29, 0.717) is 22.0 Å². The molecule has 0 bridgehead atoms. The van der Waals surface area contributed by atoms with Crippen LogP contribution < -0.4 is 10.2 Å². The molecule has 2 aromatic carbocycles. The van der Waals surface area contributed by atoms with Gasteiger partial charge in [-0.15, -0.1) is 0 Å². The molecule has 0 radical (unpaired) electrons. The van der Waals surface area contributed by atoms with E-state index in [4.69, 9.17) is 16.3 Å². The van der Waals surface area contributed by atoms with Crippen molar-refractivity contribution in [3.63, 3.8) is 0 Å². The number of hydrogen-bond acceptors (Lipinski definition) is 5. The number of carbonyl (C=O) groups is 1. The van der Waals surface area contributed by atoms with E-state index in [1.54, 1.807) is 31.2 Å². The molecule has 1 amide bonds. The molecule has 8 heteroatoms. The van der Waals surface area contributed by atoms with Crippen LogP contribution in [0.25, 0.3) is 0 Å². The van der Waals surface area contributed by atoms with Gasteiger partial charge in [-0.1, -0.05) is 23.7 Å². The second kappa shape index (κ2) is 8.44. The van der Waals surface area contributed by atoms with Crippen molar-refractivity contribution in [2.75, 3.05) is 6.61 Å². The summed E-state index contributed by atoms with van der Waals surface area (Å²) in [6, 6.07) is 9.51. The first kappa shape index (κ1) is 19.4. The highest BCUT2D eigenvalue weighted by atomic mass is 35.5. The van der Waals surface area contributed by atoms with Crippen LogP contribution in [0.5, 0.6) is 5.75 Å². The molecular weight excluding hydrogens is 358 g/mol. The number of nitro benzene ring substituents is 1. The van der Waals surface area contributed by atoms with Crippen molar-refractivity contribution in [2.45, 2.75) is 20.8 Å². The van der Waals surface area contributed by atoms with Gasteiger partial charge in [0.05, 0.1) is 10.6 Å². The maximum absolute atomic E-state index is 11.9. The first-order valence-corrected chi connectivity index (χ1v) is 8.13. The standard InChI is InChI=1S/C18H18ClN3O4/c1-11-7-16(8-12(2)18(11)19)26-10-17(23)21-20-13(3)14-5-4-6-15(9-14)22(24)25/h4-9H,10H2,1-3H3,(H,21,23). The van der Waals surface area contributed by atoms with Crippen molar-refractivity contribution >= 4 is 28.9 Å². The molecule has 2 rings (SSSR count). The highest BCUT2D eigenvalue weighted by Gasteiger charge is 2.09. The number of nitrogens with one attached hydrogen (secondary N) is 1. The Bertz CT molecular complexity index is 857. The fraction of sp³-hybridized carbons (Fsp3) is 0.222. The molecule has 0 aliphatic carbocycles. The predicted octanol–water partition coefficient (Wildman–Crippen LogP) is 3.78. The number of rotatable bonds is 6. The number of carbonyl (C=O) groups excluding carboxylic acids is 1. The zero-order valence-electron chi connectivity index (χ0n) is 14.6. The molecule has 0 aromatic heterocycles. The first-order valence-electron chi connectivity index (χ1n) is 7.75. The molecule has 7 nitrogen and oxygen atoms in total. The number of halogens is 1. The maximum atomic E-state index is 11.9. The summed E-state index contributed by atoms with van der Waals surface area (Å²) in [4.78, 5) is 22.2. The van der Waals surface area contributed by atoms with Crippen LogP contribution in [-0.4, -0.2) is 23.1 Å². The van der Waals surface area contributed by atoms with Gasteiger partial charge in [0, 0.05) is 22.7 Å². The molecular formula is C18H18ClN3O4. The van der Waals surface area contributed by atoms with Crippen LogP contribution in [0.3, 0.4) is 0 Å². The third kappa shape index (κ3) is 5.03. The quantitative estimate of drug-likeness (QED) is 0.472. The van der Waals surface area contributed by atoms with Crippen LogP contribution in [0, 0.1) is 24.0 Å². The van der Waals surface area contributed by atoms with Gasteiger partial charge >= 0.3 is 0 Å². The predicted molar refractivity (Wildman–Crippen MR) is 99.9 cm³/mol. The lowest BCUT2D eigenvalue weighted by Gasteiger charge is -2.09. The van der Waals surface area contributed by atoms with E-state index in [1.807, 2.05) is 13.8 Å². The molecule has 0 spiro atoms. The monoisotopic (exact) mass is 375 g/mol. The summed E-state index contributed by atoms with van der Waals surface area (Å²) in [5, 5.41) is 15.4. The van der Waals surface area contributed by atoms with Gasteiger partial charge in [0.25, 0.3) is 11.6 Å². The third-order valence-electron chi connectivity index (χ3n) is 3.60. The number of amides is 1. The van der Waals surface area contributed by atoms with E-state index in [1.165, 1.54) is 12.1 Å². The summed E-state index contributed by atoms with van der Waals surface area (Å²) in [5.41, 5.74) is 5.04. The number of nitrogens with zero attached hydrogens (tertiary/aromatic N) is 2. The van der Waals surface area contributed by atoms with Crippen molar-refractivity contribution in [1.82, 2.24) is 5.43 Å². The van der Waals surface area contributed by atoms with E-state index in [2.05, 4.69) is 10.5 Å². The van der Waals surface area contributed by atoms with Crippen molar-refractivity contribution in [3.05, 3.63) is 68.2 Å². The van der Waals surface area contributed by atoms with Crippen molar-refractivity contribution in [2.24, 2.45) is 5.10 Å². The normalized spacial score (nSPS) is 11.2. The highest BCUT2D eigenvalue weighted by molar-refractivity contribution is 6.32. The second-order valence-electron chi connectivity index (χ2n) is 5.70. The van der Waals surface area contributed by atoms with Gasteiger partial charge in [-0.25, -0.2) is 5.43 Å². The molecule has 26 heavy (non-hydrogen) atoms. The number of hydrogen-bond donors (Lipinski definition) is 1. The minimum Gasteiger partial charge on any atom is -0.484 e. The van der Waals surface area contributed by atoms with Crippen LogP contribution >= 0.6 is 11.6 Å². The summed E-state index contributed by atoms with van der Waals surface area (Å²) in [7, 11) is 0. The fourth-order valence-corrected chi connectivity index (χ4v) is 2.34. The Morgan fingerprint density at radius 2 is 1.92 bits per heavy atom. The molecule has 1 N–H and O–H groups in total. The van der Waals surface area contributed by atoms with E-state index in [9.17, 15) is 14.9 Å². The SMILES string of the molecule is CC(=NNC(=O)COc1cc(C)c(Cl)c(C)c1)c1cccc([N+](=O)[O-])c1. The van der Waals surface area contributed by atoms with Gasteiger partial charge < -0.3 is 4.74 Å². The maximum Gasteiger partial charge on any atom is 0.277 e. The average Bonchev–Trinajstić information content (AvgIpc) is 2.62. The van der Waals surface area contributed by atoms with E-state index in [0.717, 1.165) is 11.1 Å². The lowest BCUT2D eigenvalue weighted by Crippen LogP contribution is -2.25. The second-order valence-corrected chi connectivity index (χ2v) is 6.08. The van der Waals surface area contributed by atoms with E-state index >= 15 is 0 Å². The smallest absolute Gasteiger partial charge is 0.277 e. The van der Waals surface area contributed by atoms with Gasteiger partial charge in [0.2, 0.25) is 0 Å². The third-order valence-corrected chi connectivity index (χ3v) is 4.20. The molecule has 0 heterocycles. The fourth-order valence-electron chi connectivity index (χ4n) is 2.23. The largest absolute Gasteiger partial charge is 0.484 e. The Morgan fingerprint density at radius 3 is 2.54 bits per heavy atom. The summed E-state index contributed by atoms with van der Waals surface area (Å²) < 4.78 is 5.44. The van der Waals surface area contributed by atoms with E-state index in [-0.39, 0.29) is 12.3 Å². The zero-order valence-corrected chi connectivity index (χ0v) is 15.3. The van der Waals surface area contributed by atoms with Crippen molar-refractivity contribution in [3.8, 4) is 5.75 Å². The van der Waals surface area contributed by atoms with Gasteiger partial charge in [-0.05, 0) is 44.0 Å². The highest BCUT2D eigenvalue weighted by Crippen LogP contribution is 2.25. The van der Waals surface area contributed by atoms with Crippen LogP contribution in [0.15, 0.2) is 41.5 Å². The minimum atomic E-state index is -0.487. The number of non-ortho nitro benzene ring substituents is 1. The Labute approximate surface area is 155 Å². The lowest BCUT2D eigenvalue weighted by atomic mass is 10.1. The Morgan fingerprint density at radius 1 is 1.27 bits per heavy atom. The number of ether oxygens (including phenoxy) is 1. The van der Waals surface area contributed by atoms with Crippen molar-refractivity contribution < 1.29 is 14.5 Å². The molecule has 0 aliphatic heterocycles. The average molecular weight is 376 g/mol. The number of nitro groups is 1. The topological polar surface area (TPSA) is 93.8 Å². The number of aryl methyl sites for hydroxylation is 2. The molecule has 0 fully saturated rings. The number of hydrazone groups is 1. The van der Waals surface area contributed by atoms with Crippen LogP contribution in [0.1, 0.15) is 23.6 Å². The van der Waals surface area contributed by atoms with Gasteiger partial charge in [-0.3, -0.25) is 14.9 Å². The Balaban J connectivity index is 1.96. The molecule has 0 saturated carbocycles. The van der Waals surface area contributed by atoms with E-state index < -0.39 is 10.8 Å². The van der Waals surface area contributed by atoms with Crippen LogP contribution in [-0.2, 0) is 4.79 Å². The minimum absolute atomic E-state index is 0.0415. The van der Waals surface area contributed by atoms with Crippen LogP contribution in [0.4, 0.5) is 5.69 Å². The summed E-state index contributed by atoms with van der Waals surface area (Å²) in [6.07, 6.45) is 0.